The second-order valence-electron chi connectivity index (χ2n) is 3.19. The standard InChI is InChI=1S/C12H10O3/c13-11-8-4-5-9-12(11,14)15-10-6-2-1-3-7-10/h1-9,14H. The first-order chi connectivity index (χ1) is 7.21. The first-order valence-electron chi connectivity index (χ1n) is 4.57. The third-order valence-corrected chi connectivity index (χ3v) is 2.05. The number of benzene rings is 1. The molecule has 76 valence electrons. The van der Waals surface area contributed by atoms with Crippen molar-refractivity contribution in [3.63, 3.8) is 0 Å². The SMILES string of the molecule is O=C1C=CC=CC1(O)Oc1ccccc1. The van der Waals surface area contributed by atoms with Crippen LogP contribution in [-0.4, -0.2) is 16.7 Å². The average Bonchev–Trinajstić information content (AvgIpc) is 2.24. The summed E-state index contributed by atoms with van der Waals surface area (Å²) in [4.78, 5) is 11.4. The first kappa shape index (κ1) is 9.68. The van der Waals surface area contributed by atoms with E-state index in [1.54, 1.807) is 36.4 Å². The molecule has 0 saturated heterocycles. The summed E-state index contributed by atoms with van der Waals surface area (Å²) in [5.74, 6) is -1.89. The normalized spacial score (nSPS) is 24.2. The molecule has 0 bridgehead atoms. The number of aliphatic hydroxyl groups is 1. The second-order valence-corrected chi connectivity index (χ2v) is 3.19. The number of allylic oxidation sites excluding steroid dienone is 2. The van der Waals surface area contributed by atoms with Crippen LogP contribution in [0.2, 0.25) is 0 Å². The van der Waals surface area contributed by atoms with Crippen LogP contribution in [0.1, 0.15) is 0 Å². The van der Waals surface area contributed by atoms with Crippen LogP contribution in [0.25, 0.3) is 0 Å². The maximum atomic E-state index is 11.4. The number of carbonyl (C=O) groups is 1. The van der Waals surface area contributed by atoms with E-state index < -0.39 is 11.6 Å². The molecule has 3 nitrogen and oxygen atoms in total. The number of hydrogen-bond donors (Lipinski definition) is 1. The predicted molar refractivity (Wildman–Crippen MR) is 55.3 cm³/mol. The van der Waals surface area contributed by atoms with Gasteiger partial charge in [-0.2, -0.15) is 0 Å². The molecule has 1 aromatic carbocycles. The van der Waals surface area contributed by atoms with Crippen molar-refractivity contribution in [2.45, 2.75) is 5.79 Å². The highest BCUT2D eigenvalue weighted by atomic mass is 16.6. The van der Waals surface area contributed by atoms with Crippen LogP contribution in [0, 0.1) is 0 Å². The maximum absolute atomic E-state index is 11.4. The minimum Gasteiger partial charge on any atom is -0.451 e. The van der Waals surface area contributed by atoms with E-state index in [4.69, 9.17) is 4.74 Å². The van der Waals surface area contributed by atoms with Crippen LogP contribution < -0.4 is 4.74 Å². The van der Waals surface area contributed by atoms with Gasteiger partial charge in [-0.15, -0.1) is 0 Å². The summed E-state index contributed by atoms with van der Waals surface area (Å²) in [6.07, 6.45) is 5.74. The van der Waals surface area contributed by atoms with Gasteiger partial charge in [0.1, 0.15) is 5.75 Å². The van der Waals surface area contributed by atoms with Gasteiger partial charge in [-0.05, 0) is 24.3 Å². The van der Waals surface area contributed by atoms with E-state index in [2.05, 4.69) is 0 Å². The predicted octanol–water partition coefficient (Wildman–Crippen LogP) is 1.45. The molecule has 15 heavy (non-hydrogen) atoms. The Morgan fingerprint density at radius 3 is 2.53 bits per heavy atom. The molecule has 1 aliphatic carbocycles. The van der Waals surface area contributed by atoms with Gasteiger partial charge < -0.3 is 9.84 Å². The molecule has 0 fully saturated rings. The highest BCUT2D eigenvalue weighted by Crippen LogP contribution is 2.20. The number of ketones is 1. The van der Waals surface area contributed by atoms with E-state index in [9.17, 15) is 9.90 Å². The van der Waals surface area contributed by atoms with Crippen LogP contribution in [0.5, 0.6) is 5.75 Å². The zero-order valence-electron chi connectivity index (χ0n) is 7.96. The van der Waals surface area contributed by atoms with E-state index in [-0.39, 0.29) is 0 Å². The van der Waals surface area contributed by atoms with Gasteiger partial charge in [0, 0.05) is 0 Å². The second kappa shape index (κ2) is 3.71. The van der Waals surface area contributed by atoms with Crippen LogP contribution in [0.4, 0.5) is 0 Å². The fourth-order valence-corrected chi connectivity index (χ4v) is 1.28. The van der Waals surface area contributed by atoms with Crippen molar-refractivity contribution in [2.24, 2.45) is 0 Å². The monoisotopic (exact) mass is 202 g/mol. The summed E-state index contributed by atoms with van der Waals surface area (Å²) < 4.78 is 5.22. The fraction of sp³-hybridized carbons (Fsp3) is 0.0833. The highest BCUT2D eigenvalue weighted by Gasteiger charge is 2.34. The lowest BCUT2D eigenvalue weighted by Crippen LogP contribution is -2.42. The summed E-state index contributed by atoms with van der Waals surface area (Å²) >= 11 is 0. The van der Waals surface area contributed by atoms with Gasteiger partial charge >= 0.3 is 0 Å². The Bertz CT molecular complexity index is 420. The topological polar surface area (TPSA) is 46.5 Å². The molecule has 0 saturated carbocycles. The third kappa shape index (κ3) is 1.97. The maximum Gasteiger partial charge on any atom is 0.292 e. The summed E-state index contributed by atoms with van der Waals surface area (Å²) in [6, 6.07) is 8.72. The third-order valence-electron chi connectivity index (χ3n) is 2.05. The average molecular weight is 202 g/mol. The minimum atomic E-state index is -1.86. The molecule has 0 spiro atoms. The minimum absolute atomic E-state index is 0.452. The highest BCUT2D eigenvalue weighted by molar-refractivity contribution is 5.98. The molecule has 2 rings (SSSR count). The summed E-state index contributed by atoms with van der Waals surface area (Å²) in [7, 11) is 0. The van der Waals surface area contributed by atoms with Gasteiger partial charge in [0.2, 0.25) is 5.78 Å². The van der Waals surface area contributed by atoms with E-state index in [1.165, 1.54) is 12.2 Å². The molecular weight excluding hydrogens is 192 g/mol. The Balaban J connectivity index is 2.22. The molecule has 1 atom stereocenters. The molecule has 0 aliphatic heterocycles. The number of carbonyl (C=O) groups excluding carboxylic acids is 1. The van der Waals surface area contributed by atoms with E-state index in [1.807, 2.05) is 6.07 Å². The zero-order valence-corrected chi connectivity index (χ0v) is 7.96. The molecular formula is C12H10O3. The van der Waals surface area contributed by atoms with Gasteiger partial charge in [-0.3, -0.25) is 4.79 Å². The smallest absolute Gasteiger partial charge is 0.292 e. The Morgan fingerprint density at radius 1 is 1.13 bits per heavy atom. The zero-order chi connectivity index (χ0) is 10.7. The lowest BCUT2D eigenvalue weighted by Gasteiger charge is -2.24. The number of hydrogen-bond acceptors (Lipinski definition) is 3. The van der Waals surface area contributed by atoms with Crippen molar-refractivity contribution in [3.8, 4) is 5.75 Å². The summed E-state index contributed by atoms with van der Waals surface area (Å²) in [5, 5.41) is 9.88. The van der Waals surface area contributed by atoms with Crippen LogP contribution in [0.15, 0.2) is 54.6 Å². The van der Waals surface area contributed by atoms with Gasteiger partial charge in [0.15, 0.2) is 0 Å². The van der Waals surface area contributed by atoms with Crippen molar-refractivity contribution in [3.05, 3.63) is 54.6 Å². The van der Waals surface area contributed by atoms with Crippen LogP contribution in [-0.2, 0) is 4.79 Å². The fourth-order valence-electron chi connectivity index (χ4n) is 1.28. The Kier molecular flexibility index (Phi) is 2.39. The molecule has 1 unspecified atom stereocenters. The van der Waals surface area contributed by atoms with Crippen LogP contribution in [0.3, 0.4) is 0 Å². The molecule has 0 aromatic heterocycles. The number of para-hydroxylation sites is 1. The lowest BCUT2D eigenvalue weighted by atomic mass is 10.1. The Hall–Kier alpha value is -1.87. The molecule has 0 heterocycles. The van der Waals surface area contributed by atoms with Gasteiger partial charge in [-0.1, -0.05) is 30.4 Å². The van der Waals surface area contributed by atoms with Crippen molar-refractivity contribution in [1.82, 2.24) is 0 Å². The Morgan fingerprint density at radius 2 is 1.87 bits per heavy atom. The lowest BCUT2D eigenvalue weighted by molar-refractivity contribution is -0.153. The summed E-state index contributed by atoms with van der Waals surface area (Å²) in [5.41, 5.74) is 0. The van der Waals surface area contributed by atoms with Crippen LogP contribution >= 0.6 is 0 Å². The van der Waals surface area contributed by atoms with Gasteiger partial charge in [0.05, 0.1) is 0 Å². The molecule has 1 aliphatic rings. The molecule has 0 radical (unpaired) electrons. The molecule has 1 N–H and O–H groups in total. The quantitative estimate of drug-likeness (QED) is 0.738. The van der Waals surface area contributed by atoms with E-state index in [0.717, 1.165) is 0 Å². The molecule has 1 aromatic rings. The first-order valence-corrected chi connectivity index (χ1v) is 4.57. The summed E-state index contributed by atoms with van der Waals surface area (Å²) in [6.45, 7) is 0. The van der Waals surface area contributed by atoms with Crippen molar-refractivity contribution in [1.29, 1.82) is 0 Å². The van der Waals surface area contributed by atoms with E-state index in [0.29, 0.717) is 5.75 Å². The van der Waals surface area contributed by atoms with E-state index >= 15 is 0 Å². The van der Waals surface area contributed by atoms with Crippen molar-refractivity contribution < 1.29 is 14.6 Å². The van der Waals surface area contributed by atoms with Gasteiger partial charge in [0.25, 0.3) is 5.79 Å². The Labute approximate surface area is 87.3 Å². The van der Waals surface area contributed by atoms with Gasteiger partial charge in [-0.25, -0.2) is 0 Å². The number of rotatable bonds is 2. The van der Waals surface area contributed by atoms with Crippen molar-refractivity contribution in [2.75, 3.05) is 0 Å². The largest absolute Gasteiger partial charge is 0.451 e. The molecule has 3 heteroatoms. The molecule has 0 amide bonds. The van der Waals surface area contributed by atoms with Crippen molar-refractivity contribution >= 4 is 5.78 Å². The number of ether oxygens (including phenoxy) is 1.